The third kappa shape index (κ3) is 4.10. The van der Waals surface area contributed by atoms with Crippen molar-refractivity contribution in [3.63, 3.8) is 0 Å². The number of nitrogens with two attached hydrogens (primary N) is 1. The van der Waals surface area contributed by atoms with Crippen LogP contribution in [0.2, 0.25) is 0 Å². The molecule has 5 nitrogen and oxygen atoms in total. The van der Waals surface area contributed by atoms with Crippen molar-refractivity contribution in [2.24, 2.45) is 0 Å². The van der Waals surface area contributed by atoms with Crippen LogP contribution in [0, 0.1) is 6.92 Å². The lowest BCUT2D eigenvalue weighted by Crippen LogP contribution is -2.36. The van der Waals surface area contributed by atoms with Crippen LogP contribution >= 0.6 is 15.9 Å². The summed E-state index contributed by atoms with van der Waals surface area (Å²) in [5.74, 6) is 0. The van der Waals surface area contributed by atoms with E-state index in [9.17, 15) is 17.2 Å². The maximum atomic E-state index is 12.1. The first-order valence-corrected chi connectivity index (χ1v) is 7.44. The second kappa shape index (κ2) is 6.12. The summed E-state index contributed by atoms with van der Waals surface area (Å²) < 4.78 is 50.4. The third-order valence-electron chi connectivity index (χ3n) is 2.36. The van der Waals surface area contributed by atoms with E-state index in [0.717, 1.165) is 0 Å². The maximum Gasteiger partial charge on any atom is 0.265 e. The Kier molecular flexibility index (Phi) is 5.25. The van der Waals surface area contributed by atoms with Crippen molar-refractivity contribution in [3.8, 4) is 0 Å². The number of anilines is 1. The van der Waals surface area contributed by atoms with Gasteiger partial charge in [0.15, 0.2) is 0 Å². The van der Waals surface area contributed by atoms with Crippen LogP contribution in [0.25, 0.3) is 0 Å². The average Bonchev–Trinajstić information content (AvgIpc) is 2.30. The predicted molar refractivity (Wildman–Crippen MR) is 70.5 cm³/mol. The Bertz CT molecular complexity index is 566. The normalized spacial score (nSPS) is 13.8. The number of halogens is 3. The molecule has 4 N–H and O–H groups in total. The van der Waals surface area contributed by atoms with Crippen LogP contribution in [0.3, 0.4) is 0 Å². The van der Waals surface area contributed by atoms with Crippen LogP contribution in [0.4, 0.5) is 14.5 Å². The molecule has 19 heavy (non-hydrogen) atoms. The molecular weight excluding hydrogens is 346 g/mol. The van der Waals surface area contributed by atoms with Gasteiger partial charge < -0.3 is 10.8 Å². The molecule has 0 saturated carbocycles. The van der Waals surface area contributed by atoms with Crippen LogP contribution in [0.1, 0.15) is 5.56 Å². The first-order chi connectivity index (χ1) is 8.65. The van der Waals surface area contributed by atoms with E-state index >= 15 is 0 Å². The molecule has 1 aromatic carbocycles. The van der Waals surface area contributed by atoms with E-state index in [1.54, 1.807) is 6.92 Å². The van der Waals surface area contributed by atoms with Crippen molar-refractivity contribution in [2.75, 3.05) is 12.3 Å². The summed E-state index contributed by atoms with van der Waals surface area (Å²) in [6, 6.07) is 2.73. The van der Waals surface area contributed by atoms with E-state index in [0.29, 0.717) is 10.0 Å². The zero-order chi connectivity index (χ0) is 14.8. The molecule has 0 spiro atoms. The highest BCUT2D eigenvalue weighted by Crippen LogP contribution is 2.26. The van der Waals surface area contributed by atoms with Gasteiger partial charge in [-0.15, -0.1) is 0 Å². The summed E-state index contributed by atoms with van der Waals surface area (Å²) in [6.07, 6.45) is -5.07. The van der Waals surface area contributed by atoms with Gasteiger partial charge in [0.1, 0.15) is 6.10 Å². The van der Waals surface area contributed by atoms with E-state index < -0.39 is 29.1 Å². The third-order valence-corrected chi connectivity index (χ3v) is 4.61. The summed E-state index contributed by atoms with van der Waals surface area (Å²) in [4.78, 5) is -0.116. The number of aryl methyl sites for hydroxylation is 1. The van der Waals surface area contributed by atoms with Crippen molar-refractivity contribution in [2.45, 2.75) is 24.3 Å². The number of benzene rings is 1. The first-order valence-electron chi connectivity index (χ1n) is 5.16. The Morgan fingerprint density at radius 1 is 1.47 bits per heavy atom. The van der Waals surface area contributed by atoms with E-state index in [4.69, 9.17) is 10.8 Å². The fourth-order valence-corrected chi connectivity index (χ4v) is 3.09. The maximum absolute atomic E-state index is 12.1. The highest BCUT2D eigenvalue weighted by molar-refractivity contribution is 9.10. The van der Waals surface area contributed by atoms with Crippen molar-refractivity contribution in [3.05, 3.63) is 22.2 Å². The first kappa shape index (κ1) is 16.3. The van der Waals surface area contributed by atoms with Gasteiger partial charge in [-0.3, -0.25) is 0 Å². The lowest BCUT2D eigenvalue weighted by atomic mass is 10.2. The molecule has 0 heterocycles. The van der Waals surface area contributed by atoms with E-state index in [1.165, 1.54) is 12.1 Å². The van der Waals surface area contributed by atoms with Crippen LogP contribution in [0.5, 0.6) is 0 Å². The Hall–Kier alpha value is -0.770. The molecule has 0 saturated heterocycles. The minimum absolute atomic E-state index is 0.116. The molecule has 0 aromatic heterocycles. The van der Waals surface area contributed by atoms with Crippen molar-refractivity contribution < 1.29 is 22.3 Å². The van der Waals surface area contributed by atoms with Gasteiger partial charge in [-0.2, -0.15) is 0 Å². The van der Waals surface area contributed by atoms with E-state index in [-0.39, 0.29) is 10.6 Å². The van der Waals surface area contributed by atoms with Gasteiger partial charge in [-0.05, 0) is 40.5 Å². The quantitative estimate of drug-likeness (QED) is 0.690. The predicted octanol–water partition coefficient (Wildman–Crippen LogP) is 1.24. The molecule has 0 aliphatic carbocycles. The topological polar surface area (TPSA) is 92.4 Å². The molecule has 1 unspecified atom stereocenters. The molecule has 0 fully saturated rings. The highest BCUT2D eigenvalue weighted by Gasteiger charge is 2.23. The van der Waals surface area contributed by atoms with Crippen molar-refractivity contribution >= 4 is 31.6 Å². The summed E-state index contributed by atoms with van der Waals surface area (Å²) in [6.45, 7) is 0.776. The summed E-state index contributed by atoms with van der Waals surface area (Å²) in [5.41, 5.74) is 6.19. The average molecular weight is 359 g/mol. The van der Waals surface area contributed by atoms with Gasteiger partial charge >= 0.3 is 0 Å². The Morgan fingerprint density at radius 2 is 2.05 bits per heavy atom. The van der Waals surface area contributed by atoms with Gasteiger partial charge in [-0.25, -0.2) is 21.9 Å². The molecular formula is C10H13BrF2N2O3S. The minimum atomic E-state index is -4.00. The molecule has 0 radical (unpaired) electrons. The zero-order valence-corrected chi connectivity index (χ0v) is 12.3. The van der Waals surface area contributed by atoms with Gasteiger partial charge in [-0.1, -0.05) is 0 Å². The number of nitrogen functional groups attached to an aromatic ring is 1. The molecule has 0 bridgehead atoms. The van der Waals surface area contributed by atoms with Crippen LogP contribution in [0.15, 0.2) is 21.5 Å². The number of aliphatic hydroxyl groups excluding tert-OH is 1. The number of sulfonamides is 1. The van der Waals surface area contributed by atoms with Crippen LogP contribution < -0.4 is 10.5 Å². The number of aliphatic hydroxyl groups is 1. The van der Waals surface area contributed by atoms with Crippen molar-refractivity contribution in [1.82, 2.24) is 4.72 Å². The fraction of sp³-hybridized carbons (Fsp3) is 0.400. The Balaban J connectivity index is 2.98. The summed E-state index contributed by atoms with van der Waals surface area (Å²) >= 11 is 3.15. The largest absolute Gasteiger partial charge is 0.398 e. The molecule has 108 valence electrons. The second-order valence-corrected chi connectivity index (χ2v) is 6.48. The zero-order valence-electron chi connectivity index (χ0n) is 9.90. The molecule has 1 atom stereocenters. The standard InChI is InChI=1S/C10H13BrF2N2O3S/c1-5-2-6(11)7(14)3-9(5)19(17,18)15-4-8(16)10(12)13/h2-3,8,10,15-16H,4,14H2,1H3. The number of nitrogens with one attached hydrogen (secondary N) is 1. The molecule has 9 heteroatoms. The van der Waals surface area contributed by atoms with E-state index in [2.05, 4.69) is 15.9 Å². The fourth-order valence-electron chi connectivity index (χ4n) is 1.32. The monoisotopic (exact) mass is 358 g/mol. The van der Waals surface area contributed by atoms with Gasteiger partial charge in [0.2, 0.25) is 10.0 Å². The number of rotatable bonds is 5. The number of hydrogen-bond acceptors (Lipinski definition) is 4. The lowest BCUT2D eigenvalue weighted by molar-refractivity contribution is -0.000452. The summed E-state index contributed by atoms with van der Waals surface area (Å²) in [7, 11) is -4.00. The Labute approximate surface area is 118 Å². The Morgan fingerprint density at radius 3 is 2.58 bits per heavy atom. The molecule has 0 amide bonds. The molecule has 1 rings (SSSR count). The van der Waals surface area contributed by atoms with Gasteiger partial charge in [0.05, 0.1) is 4.90 Å². The smallest absolute Gasteiger partial charge is 0.265 e. The molecule has 0 aliphatic heterocycles. The molecule has 0 aliphatic rings. The minimum Gasteiger partial charge on any atom is -0.398 e. The SMILES string of the molecule is Cc1cc(Br)c(N)cc1S(=O)(=O)NCC(O)C(F)F. The van der Waals surface area contributed by atoms with Crippen LogP contribution in [-0.4, -0.2) is 32.6 Å². The summed E-state index contributed by atoms with van der Waals surface area (Å²) in [5, 5.41) is 8.90. The van der Waals surface area contributed by atoms with E-state index in [1.807, 2.05) is 4.72 Å². The second-order valence-electron chi connectivity index (χ2n) is 3.89. The lowest BCUT2D eigenvalue weighted by Gasteiger charge is -2.13. The highest BCUT2D eigenvalue weighted by atomic mass is 79.9. The van der Waals surface area contributed by atoms with Crippen LogP contribution in [-0.2, 0) is 10.0 Å². The number of hydrogen-bond donors (Lipinski definition) is 3. The van der Waals surface area contributed by atoms with Gasteiger partial charge in [0, 0.05) is 16.7 Å². The van der Waals surface area contributed by atoms with Gasteiger partial charge in [0.25, 0.3) is 6.43 Å². The molecule has 1 aromatic rings. The number of alkyl halides is 2. The van der Waals surface area contributed by atoms with Crippen molar-refractivity contribution in [1.29, 1.82) is 0 Å².